The highest BCUT2D eigenvalue weighted by atomic mass is 19.1. The van der Waals surface area contributed by atoms with E-state index in [0.717, 1.165) is 16.3 Å². The van der Waals surface area contributed by atoms with Crippen molar-refractivity contribution in [3.63, 3.8) is 0 Å². The van der Waals surface area contributed by atoms with Gasteiger partial charge in [-0.25, -0.2) is 9.29 Å². The summed E-state index contributed by atoms with van der Waals surface area (Å²) < 4.78 is 14.5. The number of carbonyl (C=O) groups excluding carboxylic acids is 3. The van der Waals surface area contributed by atoms with E-state index in [-0.39, 0.29) is 5.75 Å². The van der Waals surface area contributed by atoms with Crippen molar-refractivity contribution in [2.75, 3.05) is 10.2 Å². The van der Waals surface area contributed by atoms with Crippen molar-refractivity contribution in [1.82, 2.24) is 5.32 Å². The van der Waals surface area contributed by atoms with Crippen LogP contribution in [-0.4, -0.2) is 28.9 Å². The van der Waals surface area contributed by atoms with Crippen molar-refractivity contribution in [2.45, 2.75) is 18.0 Å². The summed E-state index contributed by atoms with van der Waals surface area (Å²) in [5.41, 5.74) is 0.398. The zero-order chi connectivity index (χ0) is 26.2. The van der Waals surface area contributed by atoms with Crippen LogP contribution in [0.5, 0.6) is 5.75 Å². The number of anilines is 2. The van der Waals surface area contributed by atoms with Crippen LogP contribution >= 0.6 is 0 Å². The SMILES string of the molecule is O=C1[C@@H]2[C@H](Cc3ccc(O)cc3)N[C@]3(C(=O)Nc4ccc(F)cc43)[C@@H]2C(=O)N1c1ccc2ccccc2c1. The Morgan fingerprint density at radius 3 is 2.42 bits per heavy atom. The second-order valence-electron chi connectivity index (χ2n) is 10.1. The Bertz CT molecular complexity index is 1670. The number of nitrogens with one attached hydrogen (secondary N) is 2. The molecule has 0 bridgehead atoms. The topological polar surface area (TPSA) is 98.7 Å². The molecule has 3 amide bonds. The second-order valence-corrected chi connectivity index (χ2v) is 10.1. The van der Waals surface area contributed by atoms with Crippen molar-refractivity contribution in [1.29, 1.82) is 0 Å². The Morgan fingerprint density at radius 2 is 1.63 bits per heavy atom. The fraction of sp³-hybridized carbons (Fsp3) is 0.167. The number of hydrogen-bond acceptors (Lipinski definition) is 5. The molecular formula is C30H22FN3O4. The molecule has 4 aromatic carbocycles. The van der Waals surface area contributed by atoms with Crippen LogP contribution in [0.15, 0.2) is 84.9 Å². The van der Waals surface area contributed by atoms with Crippen LogP contribution in [0.1, 0.15) is 11.1 Å². The third kappa shape index (κ3) is 3.07. The lowest BCUT2D eigenvalue weighted by Crippen LogP contribution is -2.53. The molecule has 3 aliphatic rings. The van der Waals surface area contributed by atoms with Gasteiger partial charge in [-0.2, -0.15) is 0 Å². The number of hydrogen-bond donors (Lipinski definition) is 3. The van der Waals surface area contributed by atoms with E-state index < -0.39 is 47.0 Å². The number of imide groups is 1. The van der Waals surface area contributed by atoms with Crippen LogP contribution < -0.4 is 15.5 Å². The molecule has 0 aliphatic carbocycles. The molecule has 0 unspecified atom stereocenters. The number of nitrogens with zero attached hydrogens (tertiary/aromatic N) is 1. The molecule has 188 valence electrons. The van der Waals surface area contributed by atoms with Gasteiger partial charge in [0.05, 0.1) is 17.5 Å². The maximum Gasteiger partial charge on any atom is 0.250 e. The van der Waals surface area contributed by atoms with Crippen molar-refractivity contribution >= 4 is 39.9 Å². The van der Waals surface area contributed by atoms with Crippen LogP contribution in [0.2, 0.25) is 0 Å². The predicted octanol–water partition coefficient (Wildman–Crippen LogP) is 3.85. The fourth-order valence-corrected chi connectivity index (χ4v) is 6.41. The molecule has 3 N–H and O–H groups in total. The number of fused-ring (bicyclic) bond motifs is 5. The summed E-state index contributed by atoms with van der Waals surface area (Å²) in [4.78, 5) is 43.0. The van der Waals surface area contributed by atoms with Crippen molar-refractivity contribution in [3.05, 3.63) is 102 Å². The summed E-state index contributed by atoms with van der Waals surface area (Å²) in [6.45, 7) is 0. The van der Waals surface area contributed by atoms with Crippen LogP contribution in [0.3, 0.4) is 0 Å². The lowest BCUT2D eigenvalue weighted by atomic mass is 9.76. The highest BCUT2D eigenvalue weighted by molar-refractivity contribution is 6.26. The summed E-state index contributed by atoms with van der Waals surface area (Å²) in [5, 5.41) is 17.7. The highest BCUT2D eigenvalue weighted by Crippen LogP contribution is 2.54. The van der Waals surface area contributed by atoms with Crippen LogP contribution in [0.4, 0.5) is 15.8 Å². The number of phenolic OH excluding ortho intramolecular Hbond substituents is 1. The number of phenols is 1. The van der Waals surface area contributed by atoms with E-state index in [4.69, 9.17) is 0 Å². The Morgan fingerprint density at radius 1 is 0.868 bits per heavy atom. The average molecular weight is 508 g/mol. The standard InChI is InChI=1S/C30H22FN3O4/c31-19-8-12-23-22(15-19)30(29(38)32-23)26-25(24(33-30)13-16-5-10-21(35)11-6-16)27(36)34(28(26)37)20-9-7-17-3-1-2-4-18(17)14-20/h1-12,14-15,24-26,33,35H,13H2,(H,32,38)/t24-,25+,26-,30-/m0/s1. The lowest BCUT2D eigenvalue weighted by molar-refractivity contribution is -0.130. The van der Waals surface area contributed by atoms with Gasteiger partial charge in [0, 0.05) is 17.3 Å². The summed E-state index contributed by atoms with van der Waals surface area (Å²) in [6.07, 6.45) is 0.325. The quantitative estimate of drug-likeness (QED) is 0.366. The van der Waals surface area contributed by atoms with Crippen molar-refractivity contribution in [2.24, 2.45) is 11.8 Å². The highest BCUT2D eigenvalue weighted by Gasteiger charge is 2.70. The van der Waals surface area contributed by atoms with Crippen LogP contribution in [-0.2, 0) is 26.3 Å². The van der Waals surface area contributed by atoms with Gasteiger partial charge in [0.2, 0.25) is 17.7 Å². The van der Waals surface area contributed by atoms with Crippen LogP contribution in [0.25, 0.3) is 10.8 Å². The zero-order valence-corrected chi connectivity index (χ0v) is 20.0. The first-order valence-electron chi connectivity index (χ1n) is 12.4. The maximum atomic E-state index is 14.5. The molecule has 7 rings (SSSR count). The van der Waals surface area contributed by atoms with E-state index in [0.29, 0.717) is 23.4 Å². The zero-order valence-electron chi connectivity index (χ0n) is 20.0. The number of halogens is 1. The fourth-order valence-electron chi connectivity index (χ4n) is 6.41. The van der Waals surface area contributed by atoms with Gasteiger partial charge < -0.3 is 10.4 Å². The summed E-state index contributed by atoms with van der Waals surface area (Å²) >= 11 is 0. The van der Waals surface area contributed by atoms with E-state index in [9.17, 15) is 23.9 Å². The smallest absolute Gasteiger partial charge is 0.250 e. The molecule has 0 saturated carbocycles. The second kappa shape index (κ2) is 7.97. The summed E-state index contributed by atoms with van der Waals surface area (Å²) in [5.74, 6) is -3.73. The van der Waals surface area contributed by atoms with Gasteiger partial charge in [-0.1, -0.05) is 42.5 Å². The first kappa shape index (κ1) is 22.6. The van der Waals surface area contributed by atoms with E-state index in [2.05, 4.69) is 10.6 Å². The molecule has 3 aliphatic heterocycles. The normalized spacial score (nSPS) is 25.8. The van der Waals surface area contributed by atoms with Crippen molar-refractivity contribution < 1.29 is 23.9 Å². The number of carbonyl (C=O) groups is 3. The largest absolute Gasteiger partial charge is 0.508 e. The molecule has 8 heteroatoms. The Balaban J connectivity index is 1.37. The van der Waals surface area contributed by atoms with Gasteiger partial charge in [0.1, 0.15) is 17.1 Å². The number of aromatic hydroxyl groups is 1. The van der Waals surface area contributed by atoms with Crippen LogP contribution in [0, 0.1) is 17.7 Å². The number of rotatable bonds is 3. The van der Waals surface area contributed by atoms with E-state index in [1.165, 1.54) is 23.1 Å². The third-order valence-electron chi connectivity index (χ3n) is 8.06. The molecule has 1 spiro atoms. The number of amides is 3. The molecular weight excluding hydrogens is 485 g/mol. The molecule has 0 aromatic heterocycles. The van der Waals surface area contributed by atoms with Gasteiger partial charge in [-0.15, -0.1) is 0 Å². The molecule has 2 saturated heterocycles. The predicted molar refractivity (Wildman–Crippen MR) is 139 cm³/mol. The monoisotopic (exact) mass is 507 g/mol. The molecule has 0 radical (unpaired) electrons. The Kier molecular flexibility index (Phi) is 4.74. The maximum absolute atomic E-state index is 14.5. The average Bonchev–Trinajstić information content (AvgIpc) is 3.49. The molecule has 3 heterocycles. The Labute approximate surface area is 216 Å². The van der Waals surface area contributed by atoms with E-state index in [1.54, 1.807) is 36.4 Å². The van der Waals surface area contributed by atoms with Gasteiger partial charge in [-0.05, 0) is 65.2 Å². The number of benzene rings is 4. The minimum absolute atomic E-state index is 0.108. The third-order valence-corrected chi connectivity index (χ3v) is 8.06. The van der Waals surface area contributed by atoms with Gasteiger partial charge >= 0.3 is 0 Å². The lowest BCUT2D eigenvalue weighted by Gasteiger charge is -2.29. The minimum Gasteiger partial charge on any atom is -0.508 e. The van der Waals surface area contributed by atoms with Gasteiger partial charge in [-0.3, -0.25) is 19.7 Å². The van der Waals surface area contributed by atoms with Gasteiger partial charge in [0.25, 0.3) is 0 Å². The van der Waals surface area contributed by atoms with Gasteiger partial charge in [0.15, 0.2) is 0 Å². The first-order valence-corrected chi connectivity index (χ1v) is 12.4. The Hall–Kier alpha value is -4.56. The molecule has 7 nitrogen and oxygen atoms in total. The summed E-state index contributed by atoms with van der Waals surface area (Å²) in [6, 6.07) is 23.0. The van der Waals surface area contributed by atoms with E-state index >= 15 is 0 Å². The summed E-state index contributed by atoms with van der Waals surface area (Å²) in [7, 11) is 0. The van der Waals surface area contributed by atoms with E-state index in [1.807, 2.05) is 30.3 Å². The minimum atomic E-state index is -1.60. The van der Waals surface area contributed by atoms with Crippen molar-refractivity contribution in [3.8, 4) is 5.75 Å². The first-order chi connectivity index (χ1) is 18.4. The molecule has 38 heavy (non-hydrogen) atoms. The molecule has 4 aromatic rings. The molecule has 4 atom stereocenters. The molecule has 2 fully saturated rings.